The number of carbonyl (C=O) groups excluding carboxylic acids is 1. The Hall–Kier alpha value is -0.760. The van der Waals surface area contributed by atoms with Crippen molar-refractivity contribution in [1.82, 2.24) is 0 Å². The minimum Gasteiger partial charge on any atom is -0.458 e. The molecule has 0 spiro atoms. The number of hydrogen-bond acceptors (Lipinski definition) is 4. The Kier molecular flexibility index (Phi) is 5.11. The zero-order chi connectivity index (χ0) is 16.5. The zero-order valence-electron chi connectivity index (χ0n) is 12.5. The minimum absolute atomic E-state index is 0.0934. The molecule has 0 aliphatic heterocycles. The van der Waals surface area contributed by atoms with Crippen LogP contribution in [-0.2, 0) is 19.6 Å². The van der Waals surface area contributed by atoms with Gasteiger partial charge in [0.2, 0.25) is 0 Å². The number of ether oxygens (including phenoxy) is 1. The molecule has 8 heteroatoms. The highest BCUT2D eigenvalue weighted by atomic mass is 32.2. The van der Waals surface area contributed by atoms with Gasteiger partial charge in [0.1, 0.15) is 0 Å². The quantitative estimate of drug-likeness (QED) is 0.615. The third-order valence-corrected chi connectivity index (χ3v) is 5.90. The van der Waals surface area contributed by atoms with Crippen molar-refractivity contribution in [3.63, 3.8) is 0 Å². The molecule has 2 bridgehead atoms. The molecule has 4 unspecified atom stereocenters. The van der Waals surface area contributed by atoms with E-state index in [1.807, 2.05) is 6.92 Å². The molecule has 0 aromatic carbocycles. The summed E-state index contributed by atoms with van der Waals surface area (Å²) in [6.07, 6.45) is 5.61. The minimum atomic E-state index is -5.58. The number of alkyl halides is 2. The summed E-state index contributed by atoms with van der Waals surface area (Å²) < 4.78 is 60.5. The van der Waals surface area contributed by atoms with Gasteiger partial charge in [-0.1, -0.05) is 26.2 Å². The molecule has 5 nitrogen and oxygen atoms in total. The predicted octanol–water partition coefficient (Wildman–Crippen LogP) is 2.86. The normalized spacial score (nSPS) is 32.5. The molecule has 2 fully saturated rings. The van der Waals surface area contributed by atoms with Gasteiger partial charge in [-0.3, -0.25) is 9.35 Å². The second-order valence-electron chi connectivity index (χ2n) is 6.44. The number of halogens is 2. The van der Waals surface area contributed by atoms with Crippen molar-refractivity contribution >= 4 is 16.1 Å². The van der Waals surface area contributed by atoms with E-state index >= 15 is 0 Å². The molecule has 4 atom stereocenters. The molecule has 0 saturated heterocycles. The van der Waals surface area contributed by atoms with Gasteiger partial charge in [-0.25, -0.2) is 0 Å². The highest BCUT2D eigenvalue weighted by molar-refractivity contribution is 7.86. The maximum Gasteiger partial charge on any atom is 0.402 e. The van der Waals surface area contributed by atoms with Crippen molar-refractivity contribution in [3.05, 3.63) is 0 Å². The summed E-state index contributed by atoms with van der Waals surface area (Å²) >= 11 is 0. The molecule has 0 amide bonds. The van der Waals surface area contributed by atoms with Crippen molar-refractivity contribution in [2.24, 2.45) is 23.7 Å². The zero-order valence-corrected chi connectivity index (χ0v) is 13.3. The van der Waals surface area contributed by atoms with E-state index in [-0.39, 0.29) is 11.8 Å². The van der Waals surface area contributed by atoms with Gasteiger partial charge in [0.05, 0.1) is 5.92 Å². The van der Waals surface area contributed by atoms with E-state index < -0.39 is 33.9 Å². The first-order valence-corrected chi connectivity index (χ1v) is 9.11. The lowest BCUT2D eigenvalue weighted by atomic mass is 9.61. The van der Waals surface area contributed by atoms with Crippen LogP contribution >= 0.6 is 0 Å². The van der Waals surface area contributed by atoms with E-state index in [4.69, 9.17) is 4.55 Å². The first-order chi connectivity index (χ1) is 10.2. The lowest BCUT2D eigenvalue weighted by Gasteiger charge is -2.43. The number of fused-ring (bicyclic) bond motifs is 2. The fourth-order valence-corrected chi connectivity index (χ4v) is 4.17. The van der Waals surface area contributed by atoms with Gasteiger partial charge < -0.3 is 4.74 Å². The summed E-state index contributed by atoms with van der Waals surface area (Å²) in [4.78, 5) is 12.2. The molecule has 22 heavy (non-hydrogen) atoms. The summed E-state index contributed by atoms with van der Waals surface area (Å²) in [5.41, 5.74) is 0. The van der Waals surface area contributed by atoms with Crippen LogP contribution in [0.2, 0.25) is 0 Å². The molecule has 0 aromatic heterocycles. The van der Waals surface area contributed by atoms with Crippen molar-refractivity contribution in [2.45, 2.75) is 50.7 Å². The van der Waals surface area contributed by atoms with E-state index in [1.165, 1.54) is 0 Å². The van der Waals surface area contributed by atoms with Crippen molar-refractivity contribution < 1.29 is 31.3 Å². The summed E-state index contributed by atoms with van der Waals surface area (Å²) in [7, 11) is -5.58. The van der Waals surface area contributed by atoms with Gasteiger partial charge in [-0.15, -0.1) is 0 Å². The Balaban J connectivity index is 2.04. The van der Waals surface area contributed by atoms with Crippen molar-refractivity contribution in [2.75, 3.05) is 6.61 Å². The first kappa shape index (κ1) is 17.6. The number of carbonyl (C=O) groups is 1. The molecule has 2 saturated carbocycles. The lowest BCUT2D eigenvalue weighted by molar-refractivity contribution is -0.162. The Morgan fingerprint density at radius 2 is 2.00 bits per heavy atom. The Morgan fingerprint density at radius 1 is 1.32 bits per heavy atom. The molecule has 0 aromatic rings. The molecule has 0 heterocycles. The van der Waals surface area contributed by atoms with E-state index in [9.17, 15) is 22.0 Å². The Labute approximate surface area is 129 Å². The topological polar surface area (TPSA) is 80.7 Å². The van der Waals surface area contributed by atoms with Crippen LogP contribution in [0.4, 0.5) is 8.78 Å². The maximum absolute atomic E-state index is 13.2. The second kappa shape index (κ2) is 6.39. The molecular formula is C14H22F2O5S. The summed E-state index contributed by atoms with van der Waals surface area (Å²) in [6, 6.07) is 0. The SMILES string of the molecule is CCC1CC2CCCC(C2)C1C(=O)OCC(F)(F)S(=O)(=O)O. The smallest absolute Gasteiger partial charge is 0.402 e. The average Bonchev–Trinajstić information content (AvgIpc) is 2.43. The average molecular weight is 340 g/mol. The second-order valence-corrected chi connectivity index (χ2v) is 7.99. The van der Waals surface area contributed by atoms with Crippen LogP contribution in [0.3, 0.4) is 0 Å². The Bertz CT molecular complexity index is 517. The van der Waals surface area contributed by atoms with Crippen LogP contribution in [0.15, 0.2) is 0 Å². The van der Waals surface area contributed by atoms with Crippen LogP contribution in [0.5, 0.6) is 0 Å². The lowest BCUT2D eigenvalue weighted by Crippen LogP contribution is -2.42. The summed E-state index contributed by atoms with van der Waals surface area (Å²) in [6.45, 7) is 0.326. The highest BCUT2D eigenvalue weighted by Gasteiger charge is 2.48. The predicted molar refractivity (Wildman–Crippen MR) is 74.8 cm³/mol. The third kappa shape index (κ3) is 3.59. The van der Waals surface area contributed by atoms with Gasteiger partial charge in [0.25, 0.3) is 0 Å². The van der Waals surface area contributed by atoms with Crippen LogP contribution < -0.4 is 0 Å². The summed E-state index contributed by atoms with van der Waals surface area (Å²) in [5, 5.41) is -4.46. The number of hydrogen-bond donors (Lipinski definition) is 1. The molecule has 1 N–H and O–H groups in total. The number of rotatable bonds is 5. The standard InChI is InChI=1S/C14H22F2O5S/c1-2-10-6-9-4-3-5-11(7-9)12(10)13(17)21-8-14(15,16)22(18,19)20/h9-12H,2-8H2,1H3,(H,18,19,20). The largest absolute Gasteiger partial charge is 0.458 e. The van der Waals surface area contributed by atoms with Gasteiger partial charge in [0.15, 0.2) is 6.61 Å². The summed E-state index contributed by atoms with van der Waals surface area (Å²) in [5.74, 6) is -0.397. The molecule has 0 radical (unpaired) electrons. The van der Waals surface area contributed by atoms with Crippen LogP contribution in [0.1, 0.15) is 45.4 Å². The van der Waals surface area contributed by atoms with Crippen LogP contribution in [-0.4, -0.2) is 30.8 Å². The van der Waals surface area contributed by atoms with E-state index in [0.29, 0.717) is 5.92 Å². The fourth-order valence-electron chi connectivity index (χ4n) is 3.96. The molecule has 2 aliphatic rings. The Morgan fingerprint density at radius 3 is 2.59 bits per heavy atom. The molecule has 2 rings (SSSR count). The highest BCUT2D eigenvalue weighted by Crippen LogP contribution is 2.47. The van der Waals surface area contributed by atoms with Gasteiger partial charge in [-0.05, 0) is 37.0 Å². The monoisotopic (exact) mass is 340 g/mol. The van der Waals surface area contributed by atoms with Crippen LogP contribution in [0.25, 0.3) is 0 Å². The first-order valence-electron chi connectivity index (χ1n) is 7.67. The molecule has 128 valence electrons. The van der Waals surface area contributed by atoms with Gasteiger partial charge >= 0.3 is 21.3 Å². The van der Waals surface area contributed by atoms with Gasteiger partial charge in [-0.2, -0.15) is 17.2 Å². The van der Waals surface area contributed by atoms with Crippen LogP contribution in [0, 0.1) is 23.7 Å². The fraction of sp³-hybridized carbons (Fsp3) is 0.929. The van der Waals surface area contributed by atoms with Crippen molar-refractivity contribution in [3.8, 4) is 0 Å². The third-order valence-electron chi connectivity index (χ3n) is 5.03. The van der Waals surface area contributed by atoms with Gasteiger partial charge in [0, 0.05) is 0 Å². The van der Waals surface area contributed by atoms with E-state index in [0.717, 1.165) is 38.5 Å². The number of esters is 1. The van der Waals surface area contributed by atoms with Crippen molar-refractivity contribution in [1.29, 1.82) is 0 Å². The molecular weight excluding hydrogens is 318 g/mol. The molecule has 2 aliphatic carbocycles. The van der Waals surface area contributed by atoms with E-state index in [2.05, 4.69) is 4.74 Å². The van der Waals surface area contributed by atoms with E-state index in [1.54, 1.807) is 0 Å². The maximum atomic E-state index is 13.2.